The number of hydrogen-bond acceptors (Lipinski definition) is 3. The lowest BCUT2D eigenvalue weighted by molar-refractivity contribution is 0.0951. The Labute approximate surface area is 188 Å². The molecular weight excluding hydrogens is 432 g/mol. The topological polar surface area (TPSA) is 66.5 Å². The van der Waals surface area contributed by atoms with Crippen molar-refractivity contribution in [3.63, 3.8) is 0 Å². The Morgan fingerprint density at radius 1 is 0.968 bits per heavy atom. The number of anilines is 1. The first-order chi connectivity index (χ1) is 14.6. The van der Waals surface area contributed by atoms with Gasteiger partial charge >= 0.3 is 0 Å². The lowest BCUT2D eigenvalue weighted by atomic mass is 10.1. The van der Waals surface area contributed by atoms with Crippen molar-refractivity contribution >= 4 is 33.2 Å². The van der Waals surface area contributed by atoms with Crippen molar-refractivity contribution in [2.75, 3.05) is 10.6 Å². The largest absolute Gasteiger partial charge is 0.348 e. The van der Waals surface area contributed by atoms with Gasteiger partial charge in [-0.2, -0.15) is 0 Å². The van der Waals surface area contributed by atoms with Crippen molar-refractivity contribution in [1.29, 1.82) is 0 Å². The maximum Gasteiger partial charge on any atom is 0.251 e. The van der Waals surface area contributed by atoms with Gasteiger partial charge in [0.15, 0.2) is 0 Å². The first kappa shape index (κ1) is 22.8. The number of rotatable bonds is 7. The van der Waals surface area contributed by atoms with Crippen LogP contribution in [0.3, 0.4) is 0 Å². The van der Waals surface area contributed by atoms with Crippen molar-refractivity contribution in [3.8, 4) is 0 Å². The molecular formula is C24H25ClN2O3S. The third-order valence-electron chi connectivity index (χ3n) is 5.12. The molecule has 3 rings (SSSR count). The Kier molecular flexibility index (Phi) is 7.03. The second kappa shape index (κ2) is 9.54. The third-order valence-corrected chi connectivity index (χ3v) is 6.63. The van der Waals surface area contributed by atoms with Gasteiger partial charge in [-0.25, -0.2) is 8.42 Å². The Bertz CT molecular complexity index is 1190. The van der Waals surface area contributed by atoms with Gasteiger partial charge in [-0.3, -0.25) is 9.10 Å². The van der Waals surface area contributed by atoms with Crippen LogP contribution in [0.2, 0.25) is 5.02 Å². The van der Waals surface area contributed by atoms with E-state index in [9.17, 15) is 13.2 Å². The van der Waals surface area contributed by atoms with Gasteiger partial charge in [0.1, 0.15) is 0 Å². The number of aryl methyl sites for hydroxylation is 2. The van der Waals surface area contributed by atoms with Crippen LogP contribution in [0.15, 0.2) is 66.7 Å². The average molecular weight is 457 g/mol. The van der Waals surface area contributed by atoms with Gasteiger partial charge in [0.25, 0.3) is 5.91 Å². The molecule has 0 fully saturated rings. The first-order valence-corrected chi connectivity index (χ1v) is 12.0. The molecule has 0 aliphatic carbocycles. The second-order valence-corrected chi connectivity index (χ2v) is 9.82. The highest BCUT2D eigenvalue weighted by atomic mass is 35.5. The third kappa shape index (κ3) is 5.87. The van der Waals surface area contributed by atoms with Crippen LogP contribution < -0.4 is 9.62 Å². The second-order valence-electron chi connectivity index (χ2n) is 7.51. The van der Waals surface area contributed by atoms with Gasteiger partial charge in [0, 0.05) is 17.1 Å². The minimum Gasteiger partial charge on any atom is -0.348 e. The first-order valence-electron chi connectivity index (χ1n) is 9.80. The van der Waals surface area contributed by atoms with Crippen molar-refractivity contribution < 1.29 is 13.2 Å². The molecule has 0 spiro atoms. The van der Waals surface area contributed by atoms with E-state index in [1.165, 1.54) is 10.6 Å². The van der Waals surface area contributed by atoms with E-state index >= 15 is 0 Å². The zero-order chi connectivity index (χ0) is 22.6. The highest BCUT2D eigenvalue weighted by Crippen LogP contribution is 2.23. The van der Waals surface area contributed by atoms with Gasteiger partial charge in [-0.1, -0.05) is 48.0 Å². The zero-order valence-electron chi connectivity index (χ0n) is 17.7. The molecule has 0 aliphatic rings. The highest BCUT2D eigenvalue weighted by Gasteiger charge is 2.18. The van der Waals surface area contributed by atoms with E-state index in [2.05, 4.69) is 5.32 Å². The molecule has 0 heterocycles. The molecule has 3 aromatic carbocycles. The van der Waals surface area contributed by atoms with Gasteiger partial charge in [-0.05, 0) is 66.4 Å². The number of halogens is 1. The number of carbonyl (C=O) groups excluding carboxylic acids is 1. The van der Waals surface area contributed by atoms with E-state index in [1.54, 1.807) is 36.4 Å². The van der Waals surface area contributed by atoms with Crippen LogP contribution >= 0.6 is 11.6 Å². The lowest BCUT2D eigenvalue weighted by Gasteiger charge is -2.23. The van der Waals surface area contributed by atoms with Crippen molar-refractivity contribution in [1.82, 2.24) is 5.32 Å². The van der Waals surface area contributed by atoms with E-state index in [-0.39, 0.29) is 12.5 Å². The molecule has 0 aromatic heterocycles. The minimum atomic E-state index is -3.47. The molecule has 0 saturated carbocycles. The highest BCUT2D eigenvalue weighted by molar-refractivity contribution is 7.92. The number of nitrogens with one attached hydrogen (secondary N) is 1. The van der Waals surface area contributed by atoms with Gasteiger partial charge in [-0.15, -0.1) is 0 Å². The summed E-state index contributed by atoms with van der Waals surface area (Å²) in [5, 5.41) is 3.45. The van der Waals surface area contributed by atoms with Crippen LogP contribution in [0.25, 0.3) is 0 Å². The molecule has 0 aliphatic heterocycles. The number of amides is 1. The molecule has 7 heteroatoms. The van der Waals surface area contributed by atoms with Crippen LogP contribution in [0.1, 0.15) is 32.6 Å². The van der Waals surface area contributed by atoms with Crippen LogP contribution in [-0.2, 0) is 23.1 Å². The molecule has 0 radical (unpaired) electrons. The molecule has 0 unspecified atom stereocenters. The Morgan fingerprint density at radius 2 is 1.65 bits per heavy atom. The molecule has 31 heavy (non-hydrogen) atoms. The van der Waals surface area contributed by atoms with Crippen molar-refractivity contribution in [2.24, 2.45) is 0 Å². The fourth-order valence-corrected chi connectivity index (χ4v) is 4.21. The SMILES string of the molecule is Cc1ccc(N(Cc2ccc(C(=O)NCc3ccccc3Cl)cc2)S(C)(=O)=O)cc1C. The van der Waals surface area contributed by atoms with Crippen LogP contribution in [0, 0.1) is 13.8 Å². The van der Waals surface area contributed by atoms with Crippen LogP contribution in [0.5, 0.6) is 0 Å². The predicted molar refractivity (Wildman–Crippen MR) is 126 cm³/mol. The monoisotopic (exact) mass is 456 g/mol. The molecule has 1 N–H and O–H groups in total. The maximum atomic E-state index is 12.5. The summed E-state index contributed by atoms with van der Waals surface area (Å²) in [5.74, 6) is -0.222. The minimum absolute atomic E-state index is 0.183. The summed E-state index contributed by atoms with van der Waals surface area (Å²) >= 11 is 6.12. The summed E-state index contributed by atoms with van der Waals surface area (Å²) in [6, 6.07) is 19.8. The summed E-state index contributed by atoms with van der Waals surface area (Å²) < 4.78 is 26.2. The van der Waals surface area contributed by atoms with E-state index in [0.29, 0.717) is 22.8 Å². The normalized spacial score (nSPS) is 11.2. The summed E-state index contributed by atoms with van der Waals surface area (Å²) in [7, 11) is -3.47. The standard InChI is InChI=1S/C24H25ClN2O3S/c1-17-8-13-22(14-18(17)2)27(31(3,29)30)16-19-9-11-20(12-10-19)24(28)26-15-21-6-4-5-7-23(21)25/h4-14H,15-16H2,1-3H3,(H,26,28). The molecule has 162 valence electrons. The van der Waals surface area contributed by atoms with Gasteiger partial charge < -0.3 is 5.32 Å². The van der Waals surface area contributed by atoms with Crippen LogP contribution in [0.4, 0.5) is 5.69 Å². The Morgan fingerprint density at radius 3 is 2.26 bits per heavy atom. The molecule has 5 nitrogen and oxygen atoms in total. The fourth-order valence-electron chi connectivity index (χ4n) is 3.13. The molecule has 0 atom stereocenters. The number of carbonyl (C=O) groups is 1. The van der Waals surface area contributed by atoms with Gasteiger partial charge in [0.2, 0.25) is 10.0 Å². The van der Waals surface area contributed by atoms with E-state index < -0.39 is 10.0 Å². The fraction of sp³-hybridized carbons (Fsp3) is 0.208. The average Bonchev–Trinajstić information content (AvgIpc) is 2.73. The summed E-state index contributed by atoms with van der Waals surface area (Å²) in [6.45, 7) is 4.45. The molecule has 0 saturated heterocycles. The van der Waals surface area contributed by atoms with Crippen molar-refractivity contribution in [3.05, 3.63) is 99.6 Å². The molecule has 1 amide bonds. The number of sulfonamides is 1. The van der Waals surface area contributed by atoms with Crippen LogP contribution in [-0.4, -0.2) is 20.6 Å². The number of hydrogen-bond donors (Lipinski definition) is 1. The Balaban J connectivity index is 1.72. The zero-order valence-corrected chi connectivity index (χ0v) is 19.3. The van der Waals surface area contributed by atoms with Gasteiger partial charge in [0.05, 0.1) is 18.5 Å². The summed E-state index contributed by atoms with van der Waals surface area (Å²) in [5.41, 5.74) is 4.86. The Hall–Kier alpha value is -2.83. The predicted octanol–water partition coefficient (Wildman–Crippen LogP) is 4.85. The molecule has 3 aromatic rings. The smallest absolute Gasteiger partial charge is 0.251 e. The quantitative estimate of drug-likeness (QED) is 0.552. The van der Waals surface area contributed by atoms with Crippen molar-refractivity contribution in [2.45, 2.75) is 26.9 Å². The number of nitrogens with zero attached hydrogens (tertiary/aromatic N) is 1. The summed E-state index contributed by atoms with van der Waals surface area (Å²) in [4.78, 5) is 12.5. The maximum absolute atomic E-state index is 12.5. The molecule has 0 bridgehead atoms. The van der Waals surface area contributed by atoms with E-state index in [0.717, 1.165) is 22.3 Å². The lowest BCUT2D eigenvalue weighted by Crippen LogP contribution is -2.29. The summed E-state index contributed by atoms with van der Waals surface area (Å²) in [6.07, 6.45) is 1.19. The van der Waals surface area contributed by atoms with E-state index in [1.807, 2.05) is 44.2 Å². The van der Waals surface area contributed by atoms with E-state index in [4.69, 9.17) is 11.6 Å². The number of benzene rings is 3.